The first-order valence-electron chi connectivity index (χ1n) is 13.6. The van der Waals surface area contributed by atoms with E-state index in [9.17, 15) is 4.79 Å². The molecule has 0 saturated carbocycles. The monoisotopic (exact) mass is 528 g/mol. The maximum atomic E-state index is 14.0. The minimum atomic E-state index is 0.00832. The first-order valence-corrected chi connectivity index (χ1v) is 13.6. The number of aryl methyl sites for hydroxylation is 2. The van der Waals surface area contributed by atoms with E-state index in [1.807, 2.05) is 84.3 Å². The third-order valence-corrected chi connectivity index (χ3v) is 7.25. The number of hydrogen-bond donors (Lipinski definition) is 0. The summed E-state index contributed by atoms with van der Waals surface area (Å²) in [6.07, 6.45) is 0.558. The summed E-state index contributed by atoms with van der Waals surface area (Å²) in [7, 11) is 0. The fourth-order valence-electron chi connectivity index (χ4n) is 5.10. The molecule has 1 aromatic heterocycles. The molecule has 6 heteroatoms. The van der Waals surface area contributed by atoms with Gasteiger partial charge < -0.3 is 4.74 Å². The highest BCUT2D eigenvalue weighted by Crippen LogP contribution is 2.31. The molecule has 200 valence electrons. The van der Waals surface area contributed by atoms with Crippen LogP contribution in [0.5, 0.6) is 11.5 Å². The molecule has 4 aromatic carbocycles. The average Bonchev–Trinajstić information content (AvgIpc) is 2.98. The summed E-state index contributed by atoms with van der Waals surface area (Å²) in [4.78, 5) is 23.4. The lowest BCUT2D eigenvalue weighted by Crippen LogP contribution is -2.47. The number of aromatic nitrogens is 2. The third-order valence-electron chi connectivity index (χ3n) is 7.25. The van der Waals surface area contributed by atoms with Gasteiger partial charge in [-0.2, -0.15) is 0 Å². The summed E-state index contributed by atoms with van der Waals surface area (Å²) in [6.45, 7) is 5.84. The average molecular weight is 529 g/mol. The van der Waals surface area contributed by atoms with Gasteiger partial charge in [-0.1, -0.05) is 78.4 Å². The number of nitrogens with zero attached hydrogens (tertiary/aromatic N) is 4. The molecule has 6 nitrogen and oxygen atoms in total. The van der Waals surface area contributed by atoms with Gasteiger partial charge in [0.1, 0.15) is 11.5 Å². The van der Waals surface area contributed by atoms with E-state index in [4.69, 9.17) is 9.72 Å². The Kier molecular flexibility index (Phi) is 7.17. The fraction of sp³-hybridized carbons (Fsp3) is 0.176. The minimum absolute atomic E-state index is 0.00832. The Morgan fingerprint density at radius 1 is 0.725 bits per heavy atom. The first-order chi connectivity index (χ1) is 19.5. The van der Waals surface area contributed by atoms with Gasteiger partial charge in [0.05, 0.1) is 19.0 Å². The largest absolute Gasteiger partial charge is 0.457 e. The number of fused-ring (bicyclic) bond motifs is 1. The van der Waals surface area contributed by atoms with Crippen molar-refractivity contribution in [3.63, 3.8) is 0 Å². The molecule has 0 bridgehead atoms. The van der Waals surface area contributed by atoms with Gasteiger partial charge in [0.25, 0.3) is 5.56 Å². The number of hydrogen-bond acceptors (Lipinski definition) is 5. The van der Waals surface area contributed by atoms with Gasteiger partial charge in [-0.3, -0.25) is 19.2 Å². The molecule has 6 rings (SSSR count). The maximum Gasteiger partial charge on any atom is 0.259 e. The molecular weight excluding hydrogens is 496 g/mol. The van der Waals surface area contributed by atoms with Crippen molar-refractivity contribution in [2.75, 3.05) is 11.6 Å². The number of anilines is 2. The Morgan fingerprint density at radius 3 is 2.08 bits per heavy atom. The zero-order valence-corrected chi connectivity index (χ0v) is 22.8. The van der Waals surface area contributed by atoms with Crippen LogP contribution >= 0.6 is 0 Å². The van der Waals surface area contributed by atoms with Gasteiger partial charge in [-0.25, -0.2) is 4.98 Å². The van der Waals surface area contributed by atoms with Crippen LogP contribution in [0.1, 0.15) is 27.9 Å². The van der Waals surface area contributed by atoms with E-state index >= 15 is 0 Å². The van der Waals surface area contributed by atoms with Crippen molar-refractivity contribution in [1.29, 1.82) is 0 Å². The van der Waals surface area contributed by atoms with E-state index in [2.05, 4.69) is 53.1 Å². The molecule has 40 heavy (non-hydrogen) atoms. The quantitative estimate of drug-likeness (QED) is 0.232. The number of benzene rings is 4. The lowest BCUT2D eigenvalue weighted by molar-refractivity contribution is 0.189. The smallest absolute Gasteiger partial charge is 0.259 e. The summed E-state index contributed by atoms with van der Waals surface area (Å²) in [5.41, 5.74) is 5.99. The van der Waals surface area contributed by atoms with Gasteiger partial charge >= 0.3 is 0 Å². The SMILES string of the molecule is Cc1ccc(CN2CN(c3ccc(Oc4ccccc4)cc3)c3nc(C)c(Cc4ccccc4)c(=O)n3C2)cc1. The van der Waals surface area contributed by atoms with Crippen LogP contribution in [0.4, 0.5) is 11.6 Å². The fourth-order valence-corrected chi connectivity index (χ4v) is 5.10. The van der Waals surface area contributed by atoms with Crippen molar-refractivity contribution in [2.24, 2.45) is 0 Å². The molecule has 1 aliphatic rings. The van der Waals surface area contributed by atoms with Crippen LogP contribution in [0.2, 0.25) is 0 Å². The lowest BCUT2D eigenvalue weighted by atomic mass is 10.1. The Labute approximate surface area is 234 Å². The molecule has 0 unspecified atom stereocenters. The molecule has 5 aromatic rings. The molecule has 0 atom stereocenters. The number of para-hydroxylation sites is 1. The zero-order chi connectivity index (χ0) is 27.5. The van der Waals surface area contributed by atoms with Gasteiger partial charge in [-0.05, 0) is 61.4 Å². The second-order valence-electron chi connectivity index (χ2n) is 10.3. The van der Waals surface area contributed by atoms with Crippen LogP contribution in [0.25, 0.3) is 0 Å². The van der Waals surface area contributed by atoms with E-state index in [0.29, 0.717) is 25.7 Å². The Balaban J connectivity index is 1.36. The molecular formula is C34H32N4O2. The molecule has 0 saturated heterocycles. The number of ether oxygens (including phenoxy) is 1. The summed E-state index contributed by atoms with van der Waals surface area (Å²) in [5.74, 6) is 2.21. The predicted octanol–water partition coefficient (Wildman–Crippen LogP) is 6.81. The van der Waals surface area contributed by atoms with Crippen LogP contribution in [-0.2, 0) is 19.6 Å². The molecule has 1 aliphatic heterocycles. The molecule has 0 aliphatic carbocycles. The predicted molar refractivity (Wildman–Crippen MR) is 159 cm³/mol. The van der Waals surface area contributed by atoms with Crippen LogP contribution < -0.4 is 15.2 Å². The van der Waals surface area contributed by atoms with Crippen LogP contribution in [-0.4, -0.2) is 21.1 Å². The molecule has 0 amide bonds. The van der Waals surface area contributed by atoms with E-state index in [0.717, 1.165) is 40.6 Å². The summed E-state index contributed by atoms with van der Waals surface area (Å²) in [6, 6.07) is 36.4. The van der Waals surface area contributed by atoms with Gasteiger partial charge in [0.15, 0.2) is 0 Å². The maximum absolute atomic E-state index is 14.0. The molecule has 0 N–H and O–H groups in total. The number of rotatable bonds is 7. The Bertz CT molecular complexity index is 1650. The highest BCUT2D eigenvalue weighted by Gasteiger charge is 2.28. The van der Waals surface area contributed by atoms with Crippen LogP contribution in [0.3, 0.4) is 0 Å². The second kappa shape index (κ2) is 11.2. The van der Waals surface area contributed by atoms with Gasteiger partial charge in [-0.15, -0.1) is 0 Å². The molecule has 0 spiro atoms. The van der Waals surface area contributed by atoms with Crippen LogP contribution in [0, 0.1) is 13.8 Å². The summed E-state index contributed by atoms with van der Waals surface area (Å²) < 4.78 is 7.83. The van der Waals surface area contributed by atoms with Crippen molar-refractivity contribution in [3.8, 4) is 11.5 Å². The highest BCUT2D eigenvalue weighted by atomic mass is 16.5. The summed E-state index contributed by atoms with van der Waals surface area (Å²) >= 11 is 0. The van der Waals surface area contributed by atoms with Crippen molar-refractivity contribution < 1.29 is 4.74 Å². The second-order valence-corrected chi connectivity index (χ2v) is 10.3. The zero-order valence-electron chi connectivity index (χ0n) is 22.8. The minimum Gasteiger partial charge on any atom is -0.457 e. The lowest BCUT2D eigenvalue weighted by Gasteiger charge is -2.38. The topological polar surface area (TPSA) is 50.6 Å². The standard InChI is InChI=1S/C34H32N4O2/c1-25-13-15-28(16-14-25)22-36-23-37(29-17-19-31(20-18-29)40-30-11-7-4-8-12-30)34-35-26(2)32(33(39)38(34)24-36)21-27-9-5-3-6-10-27/h3-20H,21-24H2,1-2H3. The first kappa shape index (κ1) is 25.6. The molecule has 0 radical (unpaired) electrons. The van der Waals surface area contributed by atoms with E-state index in [1.165, 1.54) is 11.1 Å². The van der Waals surface area contributed by atoms with E-state index in [1.54, 1.807) is 0 Å². The Morgan fingerprint density at radius 2 is 1.38 bits per heavy atom. The highest BCUT2D eigenvalue weighted by molar-refractivity contribution is 5.60. The van der Waals surface area contributed by atoms with Crippen molar-refractivity contribution >= 4 is 11.6 Å². The summed E-state index contributed by atoms with van der Waals surface area (Å²) in [5, 5.41) is 0. The van der Waals surface area contributed by atoms with E-state index in [-0.39, 0.29) is 5.56 Å². The normalized spacial score (nSPS) is 13.2. The van der Waals surface area contributed by atoms with Crippen LogP contribution in [0.15, 0.2) is 114 Å². The molecule has 2 heterocycles. The third kappa shape index (κ3) is 5.53. The van der Waals surface area contributed by atoms with E-state index < -0.39 is 0 Å². The molecule has 0 fully saturated rings. The van der Waals surface area contributed by atoms with Crippen molar-refractivity contribution in [3.05, 3.63) is 147 Å². The van der Waals surface area contributed by atoms with Gasteiger partial charge in [0.2, 0.25) is 5.95 Å². The van der Waals surface area contributed by atoms with Crippen molar-refractivity contribution in [2.45, 2.75) is 33.5 Å². The van der Waals surface area contributed by atoms with Gasteiger partial charge in [0, 0.05) is 24.2 Å². The van der Waals surface area contributed by atoms with Crippen molar-refractivity contribution in [1.82, 2.24) is 14.5 Å². The Hall–Kier alpha value is -4.68.